The fourth-order valence-corrected chi connectivity index (χ4v) is 2.15. The third kappa shape index (κ3) is 2.58. The van der Waals surface area contributed by atoms with Gasteiger partial charge >= 0.3 is 0 Å². The zero-order valence-corrected chi connectivity index (χ0v) is 11.4. The van der Waals surface area contributed by atoms with Crippen LogP contribution in [0.5, 0.6) is 5.75 Å². The summed E-state index contributed by atoms with van der Waals surface area (Å²) in [5, 5.41) is 8.27. The van der Waals surface area contributed by atoms with Crippen LogP contribution >= 0.6 is 0 Å². The van der Waals surface area contributed by atoms with Gasteiger partial charge in [0.05, 0.1) is 7.11 Å². The molecule has 1 unspecified atom stereocenters. The van der Waals surface area contributed by atoms with Crippen LogP contribution in [0.15, 0.2) is 63.8 Å². The average Bonchev–Trinajstić information content (AvgIpc) is 3.04. The van der Waals surface area contributed by atoms with Crippen molar-refractivity contribution in [2.75, 3.05) is 7.11 Å². The Hall–Kier alpha value is -2.82. The van der Waals surface area contributed by atoms with Crippen molar-refractivity contribution in [2.24, 2.45) is 15.2 Å². The number of azo groups is 1. The Labute approximate surface area is 122 Å². The minimum atomic E-state index is -0.394. The number of nitrogens with zero attached hydrogens (tertiary/aromatic N) is 3. The molecule has 2 aromatic rings. The zero-order chi connectivity index (χ0) is 14.7. The van der Waals surface area contributed by atoms with Gasteiger partial charge in [-0.15, -0.1) is 5.11 Å². The van der Waals surface area contributed by atoms with Crippen LogP contribution < -0.4 is 4.74 Å². The molecule has 5 nitrogen and oxygen atoms in total. The Morgan fingerprint density at radius 3 is 2.81 bits per heavy atom. The van der Waals surface area contributed by atoms with E-state index in [1.54, 1.807) is 19.2 Å². The maximum atomic E-state index is 11.1. The number of aldehydes is 1. The van der Waals surface area contributed by atoms with Gasteiger partial charge in [0, 0.05) is 16.7 Å². The molecular weight excluding hydrogens is 266 g/mol. The highest BCUT2D eigenvalue weighted by molar-refractivity contribution is 6.05. The van der Waals surface area contributed by atoms with E-state index in [4.69, 9.17) is 4.74 Å². The highest BCUT2D eigenvalue weighted by Crippen LogP contribution is 2.28. The molecule has 104 valence electrons. The number of carbonyl (C=O) groups excluding carboxylic acids is 1. The molecule has 0 aliphatic carbocycles. The fraction of sp³-hybridized carbons (Fsp3) is 0.125. The van der Waals surface area contributed by atoms with Crippen LogP contribution in [-0.2, 0) is 0 Å². The van der Waals surface area contributed by atoms with Crippen LogP contribution in [0.1, 0.15) is 27.7 Å². The molecule has 0 saturated heterocycles. The van der Waals surface area contributed by atoms with Crippen LogP contribution in [0.4, 0.5) is 0 Å². The van der Waals surface area contributed by atoms with Gasteiger partial charge in [-0.25, -0.2) is 4.99 Å². The molecule has 2 aromatic carbocycles. The molecule has 21 heavy (non-hydrogen) atoms. The Bertz CT molecular complexity index is 738. The van der Waals surface area contributed by atoms with E-state index in [0.29, 0.717) is 17.0 Å². The summed E-state index contributed by atoms with van der Waals surface area (Å²) >= 11 is 0. The number of rotatable bonds is 4. The van der Waals surface area contributed by atoms with Crippen molar-refractivity contribution in [1.82, 2.24) is 0 Å². The number of benzene rings is 2. The third-order valence-electron chi connectivity index (χ3n) is 3.23. The van der Waals surface area contributed by atoms with Crippen molar-refractivity contribution in [3.63, 3.8) is 0 Å². The van der Waals surface area contributed by atoms with Crippen molar-refractivity contribution in [2.45, 2.75) is 6.17 Å². The van der Waals surface area contributed by atoms with Crippen molar-refractivity contribution >= 4 is 12.1 Å². The smallest absolute Gasteiger partial charge is 0.188 e. The number of hydrogen-bond acceptors (Lipinski definition) is 5. The van der Waals surface area contributed by atoms with Crippen molar-refractivity contribution in [1.29, 1.82) is 0 Å². The number of amidine groups is 1. The van der Waals surface area contributed by atoms with Gasteiger partial charge in [-0.3, -0.25) is 4.79 Å². The van der Waals surface area contributed by atoms with Gasteiger partial charge in [-0.2, -0.15) is 5.11 Å². The van der Waals surface area contributed by atoms with E-state index in [1.165, 1.54) is 0 Å². The Kier molecular flexibility index (Phi) is 3.55. The van der Waals surface area contributed by atoms with Crippen LogP contribution in [0, 0.1) is 0 Å². The van der Waals surface area contributed by atoms with E-state index in [-0.39, 0.29) is 0 Å². The lowest BCUT2D eigenvalue weighted by molar-refractivity contribution is 0.112. The number of methoxy groups -OCH3 is 1. The fourth-order valence-electron chi connectivity index (χ4n) is 2.15. The van der Waals surface area contributed by atoms with E-state index in [0.717, 1.165) is 17.6 Å². The summed E-state index contributed by atoms with van der Waals surface area (Å²) in [6, 6.07) is 14.7. The molecule has 0 saturated carbocycles. The van der Waals surface area contributed by atoms with Crippen LogP contribution in [0.25, 0.3) is 0 Å². The first-order chi connectivity index (χ1) is 10.3. The average molecular weight is 279 g/mol. The number of aliphatic imine (C=N–C) groups is 1. The van der Waals surface area contributed by atoms with Crippen LogP contribution in [0.2, 0.25) is 0 Å². The molecule has 0 bridgehead atoms. The molecule has 0 radical (unpaired) electrons. The molecule has 1 atom stereocenters. The number of hydrogen-bond donors (Lipinski definition) is 0. The second-order valence-corrected chi connectivity index (χ2v) is 4.52. The lowest BCUT2D eigenvalue weighted by atomic mass is 10.1. The van der Waals surface area contributed by atoms with E-state index in [1.807, 2.05) is 36.4 Å². The molecule has 0 spiro atoms. The molecule has 0 amide bonds. The predicted molar refractivity (Wildman–Crippen MR) is 79.0 cm³/mol. The Morgan fingerprint density at radius 1 is 1.14 bits per heavy atom. The summed E-state index contributed by atoms with van der Waals surface area (Å²) in [6.45, 7) is 0. The van der Waals surface area contributed by atoms with Gasteiger partial charge in [-0.1, -0.05) is 36.4 Å². The molecule has 0 aromatic heterocycles. The standard InChI is InChI=1S/C16H13N3O2/c1-21-13-7-4-6-11(9-13)15-17-16(19-18-15)14-8-3-2-5-12(14)10-20/h2-10,15H,1H3. The van der Waals surface area contributed by atoms with Gasteiger partial charge in [0.25, 0.3) is 0 Å². The molecule has 1 heterocycles. The first-order valence-corrected chi connectivity index (χ1v) is 6.49. The molecule has 0 N–H and O–H groups in total. The number of carbonyl (C=O) groups is 1. The van der Waals surface area contributed by atoms with Gasteiger partial charge in [0.2, 0.25) is 0 Å². The molecule has 1 aliphatic rings. The second kappa shape index (κ2) is 5.66. The summed E-state index contributed by atoms with van der Waals surface area (Å²) in [5.41, 5.74) is 2.15. The van der Waals surface area contributed by atoms with Crippen molar-refractivity contribution in [3.05, 3.63) is 65.2 Å². The zero-order valence-electron chi connectivity index (χ0n) is 11.4. The number of ether oxygens (including phenoxy) is 1. The minimum Gasteiger partial charge on any atom is -0.497 e. The molecular formula is C16H13N3O2. The van der Waals surface area contributed by atoms with Crippen LogP contribution in [-0.4, -0.2) is 19.2 Å². The van der Waals surface area contributed by atoms with E-state index < -0.39 is 6.17 Å². The summed E-state index contributed by atoms with van der Waals surface area (Å²) in [4.78, 5) is 15.6. The van der Waals surface area contributed by atoms with Gasteiger partial charge in [0.15, 0.2) is 18.3 Å². The maximum Gasteiger partial charge on any atom is 0.188 e. The normalized spacial score (nSPS) is 16.6. The first kappa shape index (κ1) is 13.2. The summed E-state index contributed by atoms with van der Waals surface area (Å²) in [5.74, 6) is 1.23. The van der Waals surface area contributed by atoms with Crippen molar-refractivity contribution in [3.8, 4) is 5.75 Å². The quantitative estimate of drug-likeness (QED) is 0.805. The van der Waals surface area contributed by atoms with E-state index >= 15 is 0 Å². The lowest BCUT2D eigenvalue weighted by Gasteiger charge is -2.05. The SMILES string of the molecule is COc1cccc(C2N=NC(c3ccccc3C=O)=N2)c1. The first-order valence-electron chi connectivity index (χ1n) is 6.49. The van der Waals surface area contributed by atoms with Crippen LogP contribution in [0.3, 0.4) is 0 Å². The van der Waals surface area contributed by atoms with E-state index in [9.17, 15) is 4.79 Å². The van der Waals surface area contributed by atoms with Gasteiger partial charge in [0.1, 0.15) is 5.75 Å². The Balaban J connectivity index is 1.94. The largest absolute Gasteiger partial charge is 0.497 e. The van der Waals surface area contributed by atoms with Gasteiger partial charge < -0.3 is 4.74 Å². The highest BCUT2D eigenvalue weighted by Gasteiger charge is 2.19. The maximum absolute atomic E-state index is 11.1. The third-order valence-corrected chi connectivity index (χ3v) is 3.23. The highest BCUT2D eigenvalue weighted by atomic mass is 16.5. The lowest BCUT2D eigenvalue weighted by Crippen LogP contribution is -2.00. The predicted octanol–water partition coefficient (Wildman–Crippen LogP) is 3.42. The van der Waals surface area contributed by atoms with E-state index in [2.05, 4.69) is 15.2 Å². The molecule has 1 aliphatic heterocycles. The van der Waals surface area contributed by atoms with Gasteiger partial charge in [-0.05, 0) is 12.1 Å². The molecule has 5 heteroatoms. The summed E-state index contributed by atoms with van der Waals surface area (Å²) < 4.78 is 5.20. The topological polar surface area (TPSA) is 63.4 Å². The summed E-state index contributed by atoms with van der Waals surface area (Å²) in [7, 11) is 1.62. The Morgan fingerprint density at radius 2 is 2.00 bits per heavy atom. The monoisotopic (exact) mass is 279 g/mol. The molecule has 3 rings (SSSR count). The molecule has 0 fully saturated rings. The minimum absolute atomic E-state index is 0.394. The summed E-state index contributed by atoms with van der Waals surface area (Å²) in [6.07, 6.45) is 0.404. The second-order valence-electron chi connectivity index (χ2n) is 4.52. The van der Waals surface area contributed by atoms with Crippen molar-refractivity contribution < 1.29 is 9.53 Å².